The molecule has 3 atom stereocenters. The summed E-state index contributed by atoms with van der Waals surface area (Å²) in [6.07, 6.45) is 4.78. The van der Waals surface area contributed by atoms with Gasteiger partial charge in [-0.3, -0.25) is 0 Å². The van der Waals surface area contributed by atoms with Crippen molar-refractivity contribution in [2.75, 3.05) is 13.6 Å². The van der Waals surface area contributed by atoms with Crippen LogP contribution in [0.3, 0.4) is 0 Å². The molecular formula is C10H19NO. The van der Waals surface area contributed by atoms with Gasteiger partial charge in [0.05, 0.1) is 5.60 Å². The van der Waals surface area contributed by atoms with E-state index in [0.29, 0.717) is 12.0 Å². The number of fused-ring (bicyclic) bond motifs is 4. The summed E-state index contributed by atoms with van der Waals surface area (Å²) in [4.78, 5) is 2.43. The largest absolute Gasteiger partial charge is 0.390 e. The molecule has 3 fully saturated rings. The van der Waals surface area contributed by atoms with Gasteiger partial charge in [0.25, 0.3) is 0 Å². The second-order valence-electron chi connectivity index (χ2n) is 4.78. The highest BCUT2D eigenvalue weighted by molar-refractivity contribution is 4.96. The molecule has 2 saturated heterocycles. The average molecular weight is 169 g/mol. The lowest BCUT2D eigenvalue weighted by molar-refractivity contribution is -0.0651. The third-order valence-corrected chi connectivity index (χ3v) is 3.75. The highest BCUT2D eigenvalue weighted by Gasteiger charge is 2.42. The fourth-order valence-electron chi connectivity index (χ4n) is 2.82. The van der Waals surface area contributed by atoms with Crippen LogP contribution >= 0.6 is 0 Å². The zero-order valence-corrected chi connectivity index (χ0v) is 8.08. The quantitative estimate of drug-likeness (QED) is 0.590. The Morgan fingerprint density at radius 1 is 1.42 bits per heavy atom. The van der Waals surface area contributed by atoms with E-state index in [1.165, 1.54) is 19.3 Å². The molecule has 0 aromatic rings. The first kappa shape index (κ1) is 8.52. The van der Waals surface area contributed by atoms with Gasteiger partial charge in [0, 0.05) is 18.5 Å². The van der Waals surface area contributed by atoms with E-state index in [1.807, 2.05) is 6.92 Å². The van der Waals surface area contributed by atoms with Gasteiger partial charge in [-0.1, -0.05) is 6.42 Å². The SMILES string of the molecule is CN1CC2CCCC1CC2(C)O. The average Bonchev–Trinajstić information content (AvgIpc) is 2.19. The van der Waals surface area contributed by atoms with Crippen molar-refractivity contribution in [3.8, 4) is 0 Å². The summed E-state index contributed by atoms with van der Waals surface area (Å²) in [6.45, 7) is 3.11. The van der Waals surface area contributed by atoms with Crippen LogP contribution in [-0.2, 0) is 0 Å². The standard InChI is InChI=1S/C10H19NO/c1-10(12)6-9-5-3-4-8(10)7-11(9)2/h8-9,12H,3-7H2,1-2H3. The number of nitrogens with zero attached hydrogens (tertiary/aromatic N) is 1. The van der Waals surface area contributed by atoms with E-state index in [4.69, 9.17) is 0 Å². The van der Waals surface area contributed by atoms with Crippen molar-refractivity contribution in [3.63, 3.8) is 0 Å². The van der Waals surface area contributed by atoms with Gasteiger partial charge in [0.1, 0.15) is 0 Å². The van der Waals surface area contributed by atoms with E-state index < -0.39 is 0 Å². The highest BCUT2D eigenvalue weighted by Crippen LogP contribution is 2.39. The van der Waals surface area contributed by atoms with Crippen LogP contribution in [0.4, 0.5) is 0 Å². The summed E-state index contributed by atoms with van der Waals surface area (Å²) in [5, 5.41) is 10.1. The van der Waals surface area contributed by atoms with Crippen molar-refractivity contribution < 1.29 is 5.11 Å². The Labute approximate surface area is 74.6 Å². The molecule has 3 unspecified atom stereocenters. The molecule has 0 radical (unpaired) electrons. The van der Waals surface area contributed by atoms with Gasteiger partial charge in [0.2, 0.25) is 0 Å². The number of aliphatic hydroxyl groups is 1. The Hall–Kier alpha value is -0.0800. The second kappa shape index (κ2) is 2.71. The maximum absolute atomic E-state index is 10.1. The fraction of sp³-hybridized carbons (Fsp3) is 1.00. The Morgan fingerprint density at radius 3 is 2.92 bits per heavy atom. The van der Waals surface area contributed by atoms with Crippen molar-refractivity contribution in [2.24, 2.45) is 5.92 Å². The van der Waals surface area contributed by atoms with Crippen LogP contribution in [0.2, 0.25) is 0 Å². The Bertz CT molecular complexity index is 179. The molecule has 3 aliphatic rings. The molecule has 1 aliphatic carbocycles. The van der Waals surface area contributed by atoms with Crippen LogP contribution in [0, 0.1) is 5.92 Å². The smallest absolute Gasteiger partial charge is 0.0674 e. The summed E-state index contributed by atoms with van der Waals surface area (Å²) in [6, 6.07) is 0.638. The van der Waals surface area contributed by atoms with Crippen molar-refractivity contribution in [3.05, 3.63) is 0 Å². The molecule has 0 spiro atoms. The zero-order chi connectivity index (χ0) is 8.77. The molecule has 2 nitrogen and oxygen atoms in total. The predicted octanol–water partition coefficient (Wildman–Crippen LogP) is 1.24. The van der Waals surface area contributed by atoms with Crippen molar-refractivity contribution in [1.82, 2.24) is 4.90 Å². The van der Waals surface area contributed by atoms with Crippen LogP contribution in [-0.4, -0.2) is 35.2 Å². The fourth-order valence-corrected chi connectivity index (χ4v) is 2.82. The maximum atomic E-state index is 10.1. The van der Waals surface area contributed by atoms with E-state index in [-0.39, 0.29) is 5.60 Å². The number of rotatable bonds is 0. The Kier molecular flexibility index (Phi) is 1.92. The zero-order valence-electron chi connectivity index (χ0n) is 8.08. The third kappa shape index (κ3) is 1.27. The molecule has 2 aliphatic heterocycles. The van der Waals surface area contributed by atoms with Gasteiger partial charge >= 0.3 is 0 Å². The molecule has 0 aromatic heterocycles. The lowest BCUT2D eigenvalue weighted by Crippen LogP contribution is -2.51. The second-order valence-corrected chi connectivity index (χ2v) is 4.78. The first-order valence-electron chi connectivity index (χ1n) is 5.02. The molecule has 1 saturated carbocycles. The molecule has 0 amide bonds. The lowest BCUT2D eigenvalue weighted by Gasteiger charge is -2.43. The molecule has 2 bridgehead atoms. The third-order valence-electron chi connectivity index (χ3n) is 3.75. The summed E-state index contributed by atoms with van der Waals surface area (Å²) < 4.78 is 0. The van der Waals surface area contributed by atoms with Crippen LogP contribution in [0.5, 0.6) is 0 Å². The monoisotopic (exact) mass is 169 g/mol. The topological polar surface area (TPSA) is 23.5 Å². The molecule has 2 heteroatoms. The normalized spacial score (nSPS) is 49.2. The molecule has 12 heavy (non-hydrogen) atoms. The van der Waals surface area contributed by atoms with E-state index in [9.17, 15) is 5.11 Å². The van der Waals surface area contributed by atoms with E-state index in [1.54, 1.807) is 0 Å². The van der Waals surface area contributed by atoms with E-state index >= 15 is 0 Å². The molecule has 70 valence electrons. The van der Waals surface area contributed by atoms with Gasteiger partial charge in [-0.2, -0.15) is 0 Å². The lowest BCUT2D eigenvalue weighted by atomic mass is 9.80. The van der Waals surface area contributed by atoms with Crippen LogP contribution in [0.15, 0.2) is 0 Å². The number of hydrogen-bond acceptors (Lipinski definition) is 2. The number of hydrogen-bond donors (Lipinski definition) is 1. The molecule has 1 N–H and O–H groups in total. The van der Waals surface area contributed by atoms with Gasteiger partial charge in [-0.15, -0.1) is 0 Å². The van der Waals surface area contributed by atoms with Crippen LogP contribution in [0.25, 0.3) is 0 Å². The minimum Gasteiger partial charge on any atom is -0.390 e. The van der Waals surface area contributed by atoms with Crippen LogP contribution in [0.1, 0.15) is 32.6 Å². The van der Waals surface area contributed by atoms with Crippen molar-refractivity contribution in [1.29, 1.82) is 0 Å². The number of piperidine rings is 1. The highest BCUT2D eigenvalue weighted by atomic mass is 16.3. The minimum absolute atomic E-state index is 0.381. The summed E-state index contributed by atoms with van der Waals surface area (Å²) >= 11 is 0. The van der Waals surface area contributed by atoms with Crippen molar-refractivity contribution >= 4 is 0 Å². The molecule has 2 heterocycles. The Balaban J connectivity index is 2.20. The van der Waals surface area contributed by atoms with Crippen molar-refractivity contribution in [2.45, 2.75) is 44.2 Å². The van der Waals surface area contributed by atoms with Crippen LogP contribution < -0.4 is 0 Å². The predicted molar refractivity (Wildman–Crippen MR) is 49.0 cm³/mol. The summed E-state index contributed by atoms with van der Waals surface area (Å²) in [5.74, 6) is 0.515. The van der Waals surface area contributed by atoms with E-state index in [2.05, 4.69) is 11.9 Å². The van der Waals surface area contributed by atoms with Gasteiger partial charge in [-0.25, -0.2) is 0 Å². The van der Waals surface area contributed by atoms with Gasteiger partial charge < -0.3 is 10.0 Å². The maximum Gasteiger partial charge on any atom is 0.0674 e. The first-order chi connectivity index (χ1) is 5.59. The molecule has 3 rings (SSSR count). The minimum atomic E-state index is -0.381. The Morgan fingerprint density at radius 2 is 2.17 bits per heavy atom. The molecule has 0 aromatic carbocycles. The first-order valence-corrected chi connectivity index (χ1v) is 5.02. The van der Waals surface area contributed by atoms with Gasteiger partial charge in [0.15, 0.2) is 0 Å². The molecular weight excluding hydrogens is 150 g/mol. The van der Waals surface area contributed by atoms with Gasteiger partial charge in [-0.05, 0) is 33.2 Å². The summed E-state index contributed by atoms with van der Waals surface area (Å²) in [7, 11) is 2.19. The summed E-state index contributed by atoms with van der Waals surface area (Å²) in [5.41, 5.74) is -0.381. The van der Waals surface area contributed by atoms with E-state index in [0.717, 1.165) is 13.0 Å².